The van der Waals surface area contributed by atoms with Crippen molar-refractivity contribution in [3.8, 4) is 0 Å². The van der Waals surface area contributed by atoms with Crippen molar-refractivity contribution in [1.82, 2.24) is 0 Å². The second-order valence-electron chi connectivity index (χ2n) is 3.22. The number of hydrogen-bond acceptors (Lipinski definition) is 3. The standard InChI is InChI=1S/C12H15BrO3/c1-3-16-12(14)10(13)11(15-2)9-7-5-4-6-8-9/h4-8,10-11H,3H2,1-2H3/t10-,11-/m1/s1. The molecule has 4 heteroatoms. The quantitative estimate of drug-likeness (QED) is 0.617. The summed E-state index contributed by atoms with van der Waals surface area (Å²) in [4.78, 5) is 11.1. The van der Waals surface area contributed by atoms with Gasteiger partial charge in [0.1, 0.15) is 10.9 Å². The van der Waals surface area contributed by atoms with Crippen LogP contribution in [0.5, 0.6) is 0 Å². The Morgan fingerprint density at radius 2 is 2.00 bits per heavy atom. The van der Waals surface area contributed by atoms with Crippen LogP contribution >= 0.6 is 15.9 Å². The monoisotopic (exact) mass is 286 g/mol. The number of hydrogen-bond donors (Lipinski definition) is 0. The van der Waals surface area contributed by atoms with Gasteiger partial charge in [0, 0.05) is 7.11 Å². The van der Waals surface area contributed by atoms with E-state index in [4.69, 9.17) is 9.47 Å². The zero-order valence-electron chi connectivity index (χ0n) is 9.35. The van der Waals surface area contributed by atoms with Crippen LogP contribution in [0, 0.1) is 0 Å². The third-order valence-electron chi connectivity index (χ3n) is 2.16. The molecule has 0 saturated heterocycles. The average Bonchev–Trinajstić information content (AvgIpc) is 2.31. The molecule has 0 spiro atoms. The highest BCUT2D eigenvalue weighted by Crippen LogP contribution is 2.26. The number of esters is 1. The molecule has 0 bridgehead atoms. The summed E-state index contributed by atoms with van der Waals surface area (Å²) >= 11 is 3.31. The fourth-order valence-corrected chi connectivity index (χ4v) is 2.07. The van der Waals surface area contributed by atoms with Gasteiger partial charge >= 0.3 is 5.97 Å². The van der Waals surface area contributed by atoms with E-state index < -0.39 is 4.83 Å². The van der Waals surface area contributed by atoms with Crippen LogP contribution in [-0.2, 0) is 14.3 Å². The van der Waals surface area contributed by atoms with E-state index in [1.165, 1.54) is 0 Å². The number of rotatable bonds is 5. The maximum Gasteiger partial charge on any atom is 0.322 e. The minimum atomic E-state index is -0.486. The molecular weight excluding hydrogens is 272 g/mol. The van der Waals surface area contributed by atoms with Gasteiger partial charge in [-0.3, -0.25) is 4.79 Å². The Hall–Kier alpha value is -0.870. The van der Waals surface area contributed by atoms with Crippen LogP contribution in [0.1, 0.15) is 18.6 Å². The van der Waals surface area contributed by atoms with Crippen molar-refractivity contribution < 1.29 is 14.3 Å². The van der Waals surface area contributed by atoms with E-state index in [0.717, 1.165) is 5.56 Å². The summed E-state index contributed by atoms with van der Waals surface area (Å²) < 4.78 is 10.3. The highest BCUT2D eigenvalue weighted by atomic mass is 79.9. The van der Waals surface area contributed by atoms with Crippen LogP contribution in [0.15, 0.2) is 30.3 Å². The molecule has 0 aliphatic rings. The predicted octanol–water partition coefficient (Wildman–Crippen LogP) is 2.70. The van der Waals surface area contributed by atoms with Gasteiger partial charge in [0.2, 0.25) is 0 Å². The largest absolute Gasteiger partial charge is 0.465 e. The maximum atomic E-state index is 11.6. The molecule has 1 aromatic carbocycles. The molecule has 2 atom stereocenters. The highest BCUT2D eigenvalue weighted by Gasteiger charge is 2.28. The number of halogens is 1. The third kappa shape index (κ3) is 3.32. The number of carbonyl (C=O) groups excluding carboxylic acids is 1. The first-order chi connectivity index (χ1) is 7.70. The van der Waals surface area contributed by atoms with Crippen LogP contribution in [0.2, 0.25) is 0 Å². The van der Waals surface area contributed by atoms with Gasteiger partial charge in [-0.25, -0.2) is 0 Å². The number of benzene rings is 1. The Morgan fingerprint density at radius 3 is 2.50 bits per heavy atom. The van der Waals surface area contributed by atoms with Gasteiger partial charge in [-0.15, -0.1) is 0 Å². The Balaban J connectivity index is 2.78. The molecule has 0 amide bonds. The first kappa shape index (κ1) is 13.2. The van der Waals surface area contributed by atoms with Crippen molar-refractivity contribution in [2.24, 2.45) is 0 Å². The fraction of sp³-hybridized carbons (Fsp3) is 0.417. The van der Waals surface area contributed by atoms with Crippen molar-refractivity contribution >= 4 is 21.9 Å². The number of methoxy groups -OCH3 is 1. The molecule has 0 aromatic heterocycles. The molecule has 0 unspecified atom stereocenters. The van der Waals surface area contributed by atoms with Gasteiger partial charge in [0.05, 0.1) is 6.61 Å². The lowest BCUT2D eigenvalue weighted by Gasteiger charge is -2.20. The smallest absolute Gasteiger partial charge is 0.322 e. The Labute approximate surface area is 104 Å². The van der Waals surface area contributed by atoms with E-state index in [0.29, 0.717) is 6.61 Å². The van der Waals surface area contributed by atoms with Gasteiger partial charge < -0.3 is 9.47 Å². The van der Waals surface area contributed by atoms with E-state index in [9.17, 15) is 4.79 Å². The number of alkyl halides is 1. The van der Waals surface area contributed by atoms with Crippen molar-refractivity contribution in [2.75, 3.05) is 13.7 Å². The topological polar surface area (TPSA) is 35.5 Å². The van der Waals surface area contributed by atoms with Gasteiger partial charge in [-0.05, 0) is 12.5 Å². The summed E-state index contributed by atoms with van der Waals surface area (Å²) in [5.74, 6) is -0.307. The molecule has 3 nitrogen and oxygen atoms in total. The van der Waals surface area contributed by atoms with Gasteiger partial charge in [0.15, 0.2) is 0 Å². The van der Waals surface area contributed by atoms with Crippen molar-refractivity contribution in [2.45, 2.75) is 17.9 Å². The molecule has 16 heavy (non-hydrogen) atoms. The third-order valence-corrected chi connectivity index (χ3v) is 3.01. The lowest BCUT2D eigenvalue weighted by molar-refractivity contribution is -0.144. The van der Waals surface area contributed by atoms with Crippen LogP contribution in [0.3, 0.4) is 0 Å². The molecule has 88 valence electrons. The average molecular weight is 287 g/mol. The van der Waals surface area contributed by atoms with Crippen LogP contribution in [0.25, 0.3) is 0 Å². The molecule has 0 aliphatic carbocycles. The van der Waals surface area contributed by atoms with E-state index >= 15 is 0 Å². The lowest BCUT2D eigenvalue weighted by Crippen LogP contribution is -2.25. The molecular formula is C12H15BrO3. The van der Waals surface area contributed by atoms with Gasteiger partial charge in [-0.1, -0.05) is 46.3 Å². The van der Waals surface area contributed by atoms with E-state index in [1.54, 1.807) is 14.0 Å². The summed E-state index contributed by atoms with van der Waals surface area (Å²) in [6, 6.07) is 9.57. The fourth-order valence-electron chi connectivity index (χ4n) is 1.41. The Kier molecular flexibility index (Phi) is 5.49. The molecule has 1 aromatic rings. The summed E-state index contributed by atoms with van der Waals surface area (Å²) in [6.45, 7) is 2.15. The highest BCUT2D eigenvalue weighted by molar-refractivity contribution is 9.10. The first-order valence-corrected chi connectivity index (χ1v) is 6.00. The van der Waals surface area contributed by atoms with E-state index in [-0.39, 0.29) is 12.1 Å². The first-order valence-electron chi connectivity index (χ1n) is 5.09. The summed E-state index contributed by atoms with van der Waals surface area (Å²) in [5.41, 5.74) is 0.944. The Bertz CT molecular complexity index is 326. The minimum absolute atomic E-state index is 0.307. The predicted molar refractivity (Wildman–Crippen MR) is 65.5 cm³/mol. The van der Waals surface area contributed by atoms with Gasteiger partial charge in [0.25, 0.3) is 0 Å². The second-order valence-corrected chi connectivity index (χ2v) is 4.21. The molecule has 1 rings (SSSR count). The van der Waals surface area contributed by atoms with Crippen LogP contribution in [-0.4, -0.2) is 24.5 Å². The Morgan fingerprint density at radius 1 is 1.38 bits per heavy atom. The van der Waals surface area contributed by atoms with Crippen LogP contribution < -0.4 is 0 Å². The van der Waals surface area contributed by atoms with Crippen LogP contribution in [0.4, 0.5) is 0 Å². The van der Waals surface area contributed by atoms with Crippen molar-refractivity contribution in [3.63, 3.8) is 0 Å². The summed E-state index contributed by atoms with van der Waals surface area (Å²) in [5, 5.41) is 0. The normalized spacial score (nSPS) is 14.2. The maximum absolute atomic E-state index is 11.6. The molecule has 0 aliphatic heterocycles. The summed E-state index contributed by atoms with van der Waals surface area (Å²) in [7, 11) is 1.57. The second kappa shape index (κ2) is 6.66. The number of ether oxygens (including phenoxy) is 2. The zero-order valence-corrected chi connectivity index (χ0v) is 10.9. The van der Waals surface area contributed by atoms with Crippen molar-refractivity contribution in [3.05, 3.63) is 35.9 Å². The SMILES string of the molecule is CCOC(=O)[C@H](Br)[C@H](OC)c1ccccc1. The molecule has 0 heterocycles. The van der Waals surface area contributed by atoms with E-state index in [2.05, 4.69) is 15.9 Å². The summed E-state index contributed by atoms with van der Waals surface area (Å²) in [6.07, 6.45) is -0.333. The molecule has 0 radical (unpaired) electrons. The number of carbonyl (C=O) groups is 1. The van der Waals surface area contributed by atoms with E-state index in [1.807, 2.05) is 30.3 Å². The lowest BCUT2D eigenvalue weighted by atomic mass is 10.1. The zero-order chi connectivity index (χ0) is 12.0. The molecule has 0 saturated carbocycles. The van der Waals surface area contributed by atoms with Gasteiger partial charge in [-0.2, -0.15) is 0 Å². The molecule has 0 fully saturated rings. The van der Waals surface area contributed by atoms with Crippen molar-refractivity contribution in [1.29, 1.82) is 0 Å². The minimum Gasteiger partial charge on any atom is -0.465 e. The molecule has 0 N–H and O–H groups in total.